The first-order valence-electron chi connectivity index (χ1n) is 6.95. The molecule has 0 radical (unpaired) electrons. The Kier molecular flexibility index (Phi) is 5.48. The fourth-order valence-corrected chi connectivity index (χ4v) is 1.72. The number of benzene rings is 1. The number of anilines is 2. The maximum absolute atomic E-state index is 12.1. The molecule has 6 nitrogen and oxygen atoms in total. The predicted molar refractivity (Wildman–Crippen MR) is 86.3 cm³/mol. The van der Waals surface area contributed by atoms with Crippen LogP contribution in [-0.2, 0) is 0 Å². The van der Waals surface area contributed by atoms with Crippen molar-refractivity contribution < 1.29 is 9.53 Å². The van der Waals surface area contributed by atoms with E-state index < -0.39 is 0 Å². The van der Waals surface area contributed by atoms with Crippen molar-refractivity contribution in [2.75, 3.05) is 23.8 Å². The number of aromatic nitrogens is 2. The molecule has 0 aliphatic rings. The third-order valence-electron chi connectivity index (χ3n) is 2.75. The van der Waals surface area contributed by atoms with Gasteiger partial charge in [0.1, 0.15) is 11.6 Å². The molecule has 0 saturated heterocycles. The van der Waals surface area contributed by atoms with Gasteiger partial charge in [-0.3, -0.25) is 4.79 Å². The number of nitrogens with one attached hydrogen (secondary N) is 2. The first-order chi connectivity index (χ1) is 10.7. The molecule has 0 aliphatic carbocycles. The van der Waals surface area contributed by atoms with E-state index in [-0.39, 0.29) is 11.6 Å². The summed E-state index contributed by atoms with van der Waals surface area (Å²) in [6, 6.07) is 10.5. The van der Waals surface area contributed by atoms with Crippen molar-refractivity contribution in [2.45, 2.75) is 6.92 Å². The molecule has 2 rings (SSSR count). The highest BCUT2D eigenvalue weighted by Gasteiger charge is 2.08. The van der Waals surface area contributed by atoms with E-state index in [1.54, 1.807) is 42.5 Å². The molecule has 2 aromatic rings. The lowest BCUT2D eigenvalue weighted by Gasteiger charge is -2.07. The second kappa shape index (κ2) is 7.78. The number of rotatable bonds is 7. The molecule has 0 saturated carbocycles. The normalized spacial score (nSPS) is 9.86. The molecular formula is C16H18N4O2. The van der Waals surface area contributed by atoms with Gasteiger partial charge in [0.15, 0.2) is 5.69 Å². The molecule has 22 heavy (non-hydrogen) atoms. The van der Waals surface area contributed by atoms with E-state index in [4.69, 9.17) is 4.74 Å². The van der Waals surface area contributed by atoms with Gasteiger partial charge in [-0.15, -0.1) is 16.8 Å². The van der Waals surface area contributed by atoms with Crippen LogP contribution in [0.1, 0.15) is 17.4 Å². The minimum atomic E-state index is -0.313. The summed E-state index contributed by atoms with van der Waals surface area (Å²) >= 11 is 0. The largest absolute Gasteiger partial charge is 0.494 e. The van der Waals surface area contributed by atoms with Gasteiger partial charge in [-0.25, -0.2) is 0 Å². The summed E-state index contributed by atoms with van der Waals surface area (Å²) < 4.78 is 5.35. The second-order valence-electron chi connectivity index (χ2n) is 4.38. The van der Waals surface area contributed by atoms with Crippen LogP contribution in [0.2, 0.25) is 0 Å². The summed E-state index contributed by atoms with van der Waals surface area (Å²) in [6.07, 6.45) is 1.72. The highest BCUT2D eigenvalue weighted by atomic mass is 16.5. The quantitative estimate of drug-likeness (QED) is 0.769. The number of nitrogens with zero attached hydrogens (tertiary/aromatic N) is 2. The van der Waals surface area contributed by atoms with E-state index >= 15 is 0 Å². The van der Waals surface area contributed by atoms with Crippen molar-refractivity contribution in [3.63, 3.8) is 0 Å². The molecule has 6 heteroatoms. The van der Waals surface area contributed by atoms with E-state index in [1.165, 1.54) is 0 Å². The van der Waals surface area contributed by atoms with E-state index in [0.29, 0.717) is 24.7 Å². The Morgan fingerprint density at radius 1 is 1.23 bits per heavy atom. The molecule has 114 valence electrons. The molecule has 0 atom stereocenters. The minimum absolute atomic E-state index is 0.248. The van der Waals surface area contributed by atoms with E-state index in [0.717, 1.165) is 5.75 Å². The zero-order valence-corrected chi connectivity index (χ0v) is 12.4. The second-order valence-corrected chi connectivity index (χ2v) is 4.38. The zero-order chi connectivity index (χ0) is 15.8. The summed E-state index contributed by atoms with van der Waals surface area (Å²) in [5.41, 5.74) is 0.919. The molecule has 1 amide bonds. The number of ether oxygens (including phenoxy) is 1. The maximum Gasteiger partial charge on any atom is 0.276 e. The third kappa shape index (κ3) is 4.31. The van der Waals surface area contributed by atoms with E-state index in [1.807, 2.05) is 6.92 Å². The summed E-state index contributed by atoms with van der Waals surface area (Å²) in [4.78, 5) is 12.1. The van der Waals surface area contributed by atoms with Gasteiger partial charge in [0.05, 0.1) is 6.61 Å². The molecule has 1 aromatic carbocycles. The van der Waals surface area contributed by atoms with Gasteiger partial charge in [0, 0.05) is 12.2 Å². The van der Waals surface area contributed by atoms with Gasteiger partial charge in [0.2, 0.25) is 0 Å². The lowest BCUT2D eigenvalue weighted by Crippen LogP contribution is -2.14. The lowest BCUT2D eigenvalue weighted by atomic mass is 10.3. The van der Waals surface area contributed by atoms with Crippen LogP contribution < -0.4 is 15.4 Å². The standard InChI is InChI=1S/C16H18N4O2/c1-3-11-17-15-10-9-14(19-20-15)16(21)18-12-5-7-13(8-6-12)22-4-2/h3,5-10H,1,4,11H2,2H3,(H,17,20)(H,18,21). The Labute approximate surface area is 129 Å². The van der Waals surface area contributed by atoms with Crippen molar-refractivity contribution in [2.24, 2.45) is 0 Å². The van der Waals surface area contributed by atoms with Crippen LogP contribution in [0.5, 0.6) is 5.75 Å². The van der Waals surface area contributed by atoms with Crippen LogP contribution in [-0.4, -0.2) is 29.3 Å². The minimum Gasteiger partial charge on any atom is -0.494 e. The summed E-state index contributed by atoms with van der Waals surface area (Å²) in [7, 11) is 0. The average Bonchev–Trinajstić information content (AvgIpc) is 2.55. The molecule has 0 bridgehead atoms. The van der Waals surface area contributed by atoms with Crippen LogP contribution >= 0.6 is 0 Å². The van der Waals surface area contributed by atoms with Crippen LogP contribution in [0.25, 0.3) is 0 Å². The number of carbonyl (C=O) groups excluding carboxylic acids is 1. The first-order valence-corrected chi connectivity index (χ1v) is 6.95. The van der Waals surface area contributed by atoms with Crippen LogP contribution in [0.4, 0.5) is 11.5 Å². The molecule has 0 spiro atoms. The van der Waals surface area contributed by atoms with E-state index in [2.05, 4.69) is 27.4 Å². The smallest absolute Gasteiger partial charge is 0.276 e. The highest BCUT2D eigenvalue weighted by Crippen LogP contribution is 2.16. The van der Waals surface area contributed by atoms with Crippen molar-refractivity contribution in [3.05, 3.63) is 54.7 Å². The first kappa shape index (κ1) is 15.5. The molecule has 0 unspecified atom stereocenters. The molecule has 0 aliphatic heterocycles. The Morgan fingerprint density at radius 3 is 2.59 bits per heavy atom. The summed E-state index contributed by atoms with van der Waals surface area (Å²) in [5, 5.41) is 13.6. The molecule has 1 heterocycles. The maximum atomic E-state index is 12.1. The van der Waals surface area contributed by atoms with E-state index in [9.17, 15) is 4.79 Å². The van der Waals surface area contributed by atoms with Crippen molar-refractivity contribution >= 4 is 17.4 Å². The Bertz CT molecular complexity index is 624. The van der Waals surface area contributed by atoms with Gasteiger partial charge >= 0.3 is 0 Å². The molecule has 1 aromatic heterocycles. The summed E-state index contributed by atoms with van der Waals surface area (Å²) in [6.45, 7) is 6.72. The van der Waals surface area contributed by atoms with Crippen LogP contribution in [0.3, 0.4) is 0 Å². The third-order valence-corrected chi connectivity index (χ3v) is 2.75. The highest BCUT2D eigenvalue weighted by molar-refractivity contribution is 6.02. The number of hydrogen-bond donors (Lipinski definition) is 2. The van der Waals surface area contributed by atoms with Gasteiger partial charge in [-0.2, -0.15) is 0 Å². The number of amides is 1. The SMILES string of the molecule is C=CCNc1ccc(C(=O)Nc2ccc(OCC)cc2)nn1. The monoisotopic (exact) mass is 298 g/mol. The van der Waals surface area contributed by atoms with Gasteiger partial charge in [-0.05, 0) is 43.3 Å². The van der Waals surface area contributed by atoms with Gasteiger partial charge in [-0.1, -0.05) is 6.08 Å². The van der Waals surface area contributed by atoms with Crippen molar-refractivity contribution in [1.82, 2.24) is 10.2 Å². The topological polar surface area (TPSA) is 76.1 Å². The average molecular weight is 298 g/mol. The number of hydrogen-bond acceptors (Lipinski definition) is 5. The number of carbonyl (C=O) groups is 1. The zero-order valence-electron chi connectivity index (χ0n) is 12.4. The van der Waals surface area contributed by atoms with Gasteiger partial charge in [0.25, 0.3) is 5.91 Å². The molecular weight excluding hydrogens is 280 g/mol. The van der Waals surface area contributed by atoms with Crippen molar-refractivity contribution in [3.8, 4) is 5.75 Å². The Morgan fingerprint density at radius 2 is 2.00 bits per heavy atom. The fourth-order valence-electron chi connectivity index (χ4n) is 1.72. The van der Waals surface area contributed by atoms with Crippen molar-refractivity contribution in [1.29, 1.82) is 0 Å². The Balaban J connectivity index is 1.97. The molecule has 2 N–H and O–H groups in total. The lowest BCUT2D eigenvalue weighted by molar-refractivity contribution is 0.102. The van der Waals surface area contributed by atoms with Crippen LogP contribution in [0, 0.1) is 0 Å². The van der Waals surface area contributed by atoms with Gasteiger partial charge < -0.3 is 15.4 Å². The van der Waals surface area contributed by atoms with Crippen LogP contribution in [0.15, 0.2) is 49.1 Å². The summed E-state index contributed by atoms with van der Waals surface area (Å²) in [5.74, 6) is 1.04. The predicted octanol–water partition coefficient (Wildman–Crippen LogP) is 2.73. The Hall–Kier alpha value is -2.89. The molecule has 0 fully saturated rings. The fraction of sp³-hybridized carbons (Fsp3) is 0.188.